The van der Waals surface area contributed by atoms with Crippen molar-refractivity contribution in [3.63, 3.8) is 0 Å². The van der Waals surface area contributed by atoms with E-state index in [2.05, 4.69) is 5.10 Å². The summed E-state index contributed by atoms with van der Waals surface area (Å²) >= 11 is 7.88. The van der Waals surface area contributed by atoms with Crippen molar-refractivity contribution in [1.29, 1.82) is 0 Å². The Morgan fingerprint density at radius 3 is 2.73 bits per heavy atom. The summed E-state index contributed by atoms with van der Waals surface area (Å²) in [6.45, 7) is 4.24. The van der Waals surface area contributed by atoms with E-state index in [0.29, 0.717) is 5.92 Å². The minimum atomic E-state index is 0.243. The van der Waals surface area contributed by atoms with Crippen LogP contribution in [0.2, 0.25) is 5.15 Å². The van der Waals surface area contributed by atoms with Gasteiger partial charge in [-0.25, -0.2) is 0 Å². The smallest absolute Gasteiger partial charge is 0.131 e. The molecule has 15 heavy (non-hydrogen) atoms. The molecule has 3 nitrogen and oxygen atoms in total. The number of aliphatic hydroxyl groups is 1. The van der Waals surface area contributed by atoms with Gasteiger partial charge in [0, 0.05) is 25.0 Å². The third kappa shape index (κ3) is 3.40. The lowest BCUT2D eigenvalue weighted by molar-refractivity contribution is 0.250. The molecule has 86 valence electrons. The summed E-state index contributed by atoms with van der Waals surface area (Å²) in [6.07, 6.45) is 0. The molecule has 0 spiro atoms. The van der Waals surface area contributed by atoms with E-state index in [-0.39, 0.29) is 6.61 Å². The van der Waals surface area contributed by atoms with Gasteiger partial charge in [-0.1, -0.05) is 18.5 Å². The first-order valence-corrected chi connectivity index (χ1v) is 6.46. The summed E-state index contributed by atoms with van der Waals surface area (Å²) < 4.78 is 1.70. The molecule has 0 fully saturated rings. The molecular formula is C10H17ClN2OS. The third-order valence-electron chi connectivity index (χ3n) is 2.23. The molecule has 1 aromatic heterocycles. The van der Waals surface area contributed by atoms with E-state index in [1.165, 1.54) is 0 Å². The molecule has 1 atom stereocenters. The van der Waals surface area contributed by atoms with Crippen LogP contribution in [0.4, 0.5) is 0 Å². The zero-order valence-corrected chi connectivity index (χ0v) is 10.9. The number of hydrogen-bond acceptors (Lipinski definition) is 3. The highest BCUT2D eigenvalue weighted by molar-refractivity contribution is 7.98. The maximum absolute atomic E-state index is 8.89. The predicted octanol–water partition coefficient (Wildman–Crippen LogP) is 2.24. The summed E-state index contributed by atoms with van der Waals surface area (Å²) in [4.78, 5) is 0. The van der Waals surface area contributed by atoms with Gasteiger partial charge in [0.1, 0.15) is 5.15 Å². The second-order valence-electron chi connectivity index (χ2n) is 3.78. The molecule has 0 amide bonds. The van der Waals surface area contributed by atoms with Crippen LogP contribution in [-0.2, 0) is 12.8 Å². The molecule has 0 saturated heterocycles. The summed E-state index contributed by atoms with van der Waals surface area (Å²) in [5.74, 6) is 2.15. The van der Waals surface area contributed by atoms with Crippen molar-refractivity contribution >= 4 is 23.4 Å². The zero-order valence-electron chi connectivity index (χ0n) is 9.33. The molecule has 0 aliphatic heterocycles. The summed E-state index contributed by atoms with van der Waals surface area (Å²) in [7, 11) is 1.85. The molecule has 1 N–H and O–H groups in total. The van der Waals surface area contributed by atoms with Gasteiger partial charge in [0.25, 0.3) is 0 Å². The number of halogens is 1. The van der Waals surface area contributed by atoms with Gasteiger partial charge in [0.2, 0.25) is 0 Å². The first kappa shape index (κ1) is 12.9. The molecule has 0 aromatic carbocycles. The van der Waals surface area contributed by atoms with Gasteiger partial charge >= 0.3 is 0 Å². The SMILES string of the molecule is Cc1nn(C)c(Cl)c1CSCC(C)CO. The second-order valence-corrected chi connectivity index (χ2v) is 5.17. The van der Waals surface area contributed by atoms with Crippen molar-refractivity contribution < 1.29 is 5.11 Å². The van der Waals surface area contributed by atoms with Gasteiger partial charge < -0.3 is 5.11 Å². The Morgan fingerprint density at radius 1 is 1.60 bits per heavy atom. The Kier molecular flexibility index (Phi) is 4.96. The van der Waals surface area contributed by atoms with Crippen LogP contribution in [0.3, 0.4) is 0 Å². The van der Waals surface area contributed by atoms with Crippen LogP contribution in [0.15, 0.2) is 0 Å². The van der Waals surface area contributed by atoms with E-state index < -0.39 is 0 Å². The normalized spacial score (nSPS) is 13.1. The van der Waals surface area contributed by atoms with E-state index in [4.69, 9.17) is 16.7 Å². The lowest BCUT2D eigenvalue weighted by Gasteiger charge is -2.06. The number of aliphatic hydroxyl groups excluding tert-OH is 1. The molecule has 0 aliphatic rings. The van der Waals surface area contributed by atoms with Crippen molar-refractivity contribution in [2.45, 2.75) is 19.6 Å². The highest BCUT2D eigenvalue weighted by Crippen LogP contribution is 2.24. The van der Waals surface area contributed by atoms with Crippen molar-refractivity contribution in [2.75, 3.05) is 12.4 Å². The highest BCUT2D eigenvalue weighted by Gasteiger charge is 2.11. The highest BCUT2D eigenvalue weighted by atomic mass is 35.5. The average Bonchev–Trinajstić information content (AvgIpc) is 2.44. The topological polar surface area (TPSA) is 38.0 Å². The summed E-state index contributed by atoms with van der Waals surface area (Å²) in [5.41, 5.74) is 2.10. The van der Waals surface area contributed by atoms with Crippen LogP contribution in [0.1, 0.15) is 18.2 Å². The standard InChI is InChI=1S/C10H17ClN2OS/c1-7(4-14)5-15-6-9-8(2)12-13(3)10(9)11/h7,14H,4-6H2,1-3H3. The molecule has 0 saturated carbocycles. The molecule has 1 aromatic rings. The molecule has 0 bridgehead atoms. The van der Waals surface area contributed by atoms with Gasteiger partial charge in [0.05, 0.1) is 5.69 Å². The van der Waals surface area contributed by atoms with Gasteiger partial charge in [-0.15, -0.1) is 0 Å². The number of rotatable bonds is 5. The fourth-order valence-electron chi connectivity index (χ4n) is 1.25. The predicted molar refractivity (Wildman–Crippen MR) is 65.4 cm³/mol. The Hall–Kier alpha value is -0.190. The van der Waals surface area contributed by atoms with Crippen LogP contribution in [0, 0.1) is 12.8 Å². The third-order valence-corrected chi connectivity index (χ3v) is 4.00. The van der Waals surface area contributed by atoms with Crippen LogP contribution in [0.5, 0.6) is 0 Å². The molecule has 5 heteroatoms. The Balaban J connectivity index is 2.50. The fourth-order valence-corrected chi connectivity index (χ4v) is 2.75. The van der Waals surface area contributed by atoms with Gasteiger partial charge in [-0.05, 0) is 18.6 Å². The Morgan fingerprint density at radius 2 is 2.27 bits per heavy atom. The maximum atomic E-state index is 8.89. The van der Waals surface area contributed by atoms with E-state index >= 15 is 0 Å². The molecule has 1 rings (SSSR count). The number of aryl methyl sites for hydroxylation is 2. The fraction of sp³-hybridized carbons (Fsp3) is 0.700. The van der Waals surface area contributed by atoms with Crippen molar-refractivity contribution in [2.24, 2.45) is 13.0 Å². The summed E-state index contributed by atoms with van der Waals surface area (Å²) in [6, 6.07) is 0. The Labute approximate surface area is 99.8 Å². The summed E-state index contributed by atoms with van der Waals surface area (Å²) in [5, 5.41) is 13.9. The van der Waals surface area contributed by atoms with Crippen LogP contribution < -0.4 is 0 Å². The second kappa shape index (κ2) is 5.77. The molecule has 1 unspecified atom stereocenters. The van der Waals surface area contributed by atoms with Crippen LogP contribution in [-0.4, -0.2) is 27.2 Å². The molecule has 0 radical (unpaired) electrons. The number of nitrogens with zero attached hydrogens (tertiary/aromatic N) is 2. The van der Waals surface area contributed by atoms with E-state index in [9.17, 15) is 0 Å². The first-order valence-electron chi connectivity index (χ1n) is 4.92. The van der Waals surface area contributed by atoms with Gasteiger partial charge in [-0.3, -0.25) is 4.68 Å². The quantitative estimate of drug-likeness (QED) is 0.869. The van der Waals surface area contributed by atoms with Crippen molar-refractivity contribution in [1.82, 2.24) is 9.78 Å². The lowest BCUT2D eigenvalue weighted by Crippen LogP contribution is -2.03. The van der Waals surface area contributed by atoms with E-state index in [1.54, 1.807) is 16.4 Å². The lowest BCUT2D eigenvalue weighted by atomic mass is 10.2. The molecular weight excluding hydrogens is 232 g/mol. The van der Waals surface area contributed by atoms with Gasteiger partial charge in [-0.2, -0.15) is 16.9 Å². The maximum Gasteiger partial charge on any atom is 0.131 e. The van der Waals surface area contributed by atoms with Crippen LogP contribution in [0.25, 0.3) is 0 Å². The zero-order chi connectivity index (χ0) is 11.4. The monoisotopic (exact) mass is 248 g/mol. The number of hydrogen-bond donors (Lipinski definition) is 1. The minimum absolute atomic E-state index is 0.243. The number of aromatic nitrogens is 2. The van der Waals surface area contributed by atoms with Crippen molar-refractivity contribution in [3.05, 3.63) is 16.4 Å². The van der Waals surface area contributed by atoms with E-state index in [1.807, 2.05) is 20.9 Å². The first-order chi connectivity index (χ1) is 7.06. The van der Waals surface area contributed by atoms with E-state index in [0.717, 1.165) is 27.9 Å². The largest absolute Gasteiger partial charge is 0.396 e. The average molecular weight is 249 g/mol. The molecule has 0 aliphatic carbocycles. The molecule has 1 heterocycles. The van der Waals surface area contributed by atoms with Crippen molar-refractivity contribution in [3.8, 4) is 0 Å². The van der Waals surface area contributed by atoms with Gasteiger partial charge in [0.15, 0.2) is 0 Å². The van der Waals surface area contributed by atoms with Crippen LogP contribution >= 0.6 is 23.4 Å². The minimum Gasteiger partial charge on any atom is -0.396 e. The number of thioether (sulfide) groups is 1. The Bertz CT molecular complexity index is 327.